The average molecular weight is 745 g/mol. The van der Waals surface area contributed by atoms with Gasteiger partial charge in [0.1, 0.15) is 0 Å². The maximum Gasteiger partial charge on any atom is 0.0453 e. The first-order valence-corrected chi connectivity index (χ1v) is 23.8. The average Bonchev–Trinajstić information content (AvgIpc) is 4.00. The van der Waals surface area contributed by atoms with Gasteiger partial charge in [0.05, 0.1) is 0 Å². The van der Waals surface area contributed by atoms with Crippen molar-refractivity contribution in [2.45, 2.75) is 212 Å². The number of hydrogen-bond acceptors (Lipinski definition) is 0. The smallest absolute Gasteiger partial charge is 0.0453 e. The third-order valence-corrected chi connectivity index (χ3v) is 13.1. The summed E-state index contributed by atoms with van der Waals surface area (Å²) in [6.07, 6.45) is 46.2. The zero-order valence-electron chi connectivity index (χ0n) is 35.6. The van der Waals surface area contributed by atoms with E-state index in [1.54, 1.807) is 11.1 Å². The number of aromatic amines is 2. The Morgan fingerprint density at radius 2 is 0.673 bits per heavy atom. The highest BCUT2D eigenvalue weighted by Gasteiger charge is 2.42. The second-order valence-electron chi connectivity index (χ2n) is 17.5. The Labute approximate surface area is 338 Å². The van der Waals surface area contributed by atoms with Crippen molar-refractivity contribution >= 4 is 0 Å². The summed E-state index contributed by atoms with van der Waals surface area (Å²) in [7, 11) is 0. The van der Waals surface area contributed by atoms with Gasteiger partial charge in [-0.05, 0) is 82.6 Å². The number of nitrogens with one attached hydrogen (secondary N) is 2. The normalized spacial score (nSPS) is 13.1. The number of unbranched alkanes of at least 4 members (excludes halogenated alkanes) is 26. The van der Waals surface area contributed by atoms with Gasteiger partial charge in [0, 0.05) is 29.2 Å². The molecule has 4 aromatic rings. The number of rotatable bonds is 32. The molecule has 0 spiro atoms. The Hall–Kier alpha value is -3.00. The van der Waals surface area contributed by atoms with Crippen LogP contribution in [0.25, 0.3) is 33.6 Å². The van der Waals surface area contributed by atoms with Gasteiger partial charge in [0.25, 0.3) is 0 Å². The molecule has 55 heavy (non-hydrogen) atoms. The van der Waals surface area contributed by atoms with Gasteiger partial charge in [-0.2, -0.15) is 0 Å². The SMILES string of the molecule is CCCCCCCCCCCCCCCCC1(CCCCCCCCCCCCCCCC)c2cc(-c3ccc[nH]3)ccc2-c2ccc(-c3ccc[nH]3)cc21. The molecule has 5 rings (SSSR count). The van der Waals surface area contributed by atoms with E-state index in [0.29, 0.717) is 0 Å². The minimum atomic E-state index is 0.0735. The largest absolute Gasteiger partial charge is 0.361 e. The first-order valence-electron chi connectivity index (χ1n) is 23.8. The van der Waals surface area contributed by atoms with Crippen molar-refractivity contribution in [2.24, 2.45) is 0 Å². The maximum atomic E-state index is 3.51. The van der Waals surface area contributed by atoms with Crippen molar-refractivity contribution in [2.75, 3.05) is 0 Å². The quantitative estimate of drug-likeness (QED) is 0.0467. The number of fused-ring (bicyclic) bond motifs is 3. The van der Waals surface area contributed by atoms with Gasteiger partial charge in [-0.25, -0.2) is 0 Å². The third-order valence-electron chi connectivity index (χ3n) is 13.1. The lowest BCUT2D eigenvalue weighted by Gasteiger charge is -2.33. The highest BCUT2D eigenvalue weighted by Crippen LogP contribution is 2.55. The van der Waals surface area contributed by atoms with Crippen molar-refractivity contribution in [1.29, 1.82) is 0 Å². The molecule has 302 valence electrons. The number of H-pyrrole nitrogens is 2. The van der Waals surface area contributed by atoms with E-state index < -0.39 is 0 Å². The van der Waals surface area contributed by atoms with Crippen molar-refractivity contribution < 1.29 is 0 Å². The predicted octanol–water partition coefficient (Wildman–Crippen LogP) is 17.7. The molecule has 0 fully saturated rings. The van der Waals surface area contributed by atoms with Crippen LogP contribution in [0.1, 0.15) is 218 Å². The Morgan fingerprint density at radius 3 is 0.964 bits per heavy atom. The van der Waals surface area contributed by atoms with Gasteiger partial charge < -0.3 is 9.97 Å². The van der Waals surface area contributed by atoms with Gasteiger partial charge in [0.2, 0.25) is 0 Å². The summed E-state index contributed by atoms with van der Waals surface area (Å²) in [4.78, 5) is 7.02. The van der Waals surface area contributed by atoms with Gasteiger partial charge in [-0.3, -0.25) is 0 Å². The first-order chi connectivity index (χ1) is 27.3. The molecular formula is C53H80N2. The van der Waals surface area contributed by atoms with Crippen molar-refractivity contribution in [3.05, 3.63) is 84.2 Å². The van der Waals surface area contributed by atoms with Crippen LogP contribution in [-0.2, 0) is 5.41 Å². The molecule has 2 heteroatoms. The summed E-state index contributed by atoms with van der Waals surface area (Å²) in [6.45, 7) is 4.63. The van der Waals surface area contributed by atoms with Gasteiger partial charge in [-0.15, -0.1) is 0 Å². The second-order valence-corrected chi connectivity index (χ2v) is 17.5. The van der Waals surface area contributed by atoms with E-state index in [1.807, 2.05) is 0 Å². The Morgan fingerprint density at radius 1 is 0.364 bits per heavy atom. The lowest BCUT2D eigenvalue weighted by atomic mass is 9.70. The minimum Gasteiger partial charge on any atom is -0.361 e. The van der Waals surface area contributed by atoms with Crippen LogP contribution in [0.5, 0.6) is 0 Å². The monoisotopic (exact) mass is 745 g/mol. The fraction of sp³-hybridized carbons (Fsp3) is 0.623. The summed E-state index contributed by atoms with van der Waals surface area (Å²) in [5.74, 6) is 0. The topological polar surface area (TPSA) is 31.6 Å². The summed E-state index contributed by atoms with van der Waals surface area (Å²) in [5.41, 5.74) is 11.3. The molecule has 2 aromatic carbocycles. The van der Waals surface area contributed by atoms with Crippen LogP contribution in [0.2, 0.25) is 0 Å². The lowest BCUT2D eigenvalue weighted by molar-refractivity contribution is 0.397. The molecule has 0 saturated heterocycles. The van der Waals surface area contributed by atoms with E-state index in [0.717, 1.165) is 0 Å². The number of hydrogen-bond donors (Lipinski definition) is 2. The van der Waals surface area contributed by atoms with E-state index in [4.69, 9.17) is 0 Å². The van der Waals surface area contributed by atoms with Crippen LogP contribution in [0.15, 0.2) is 73.1 Å². The molecule has 2 aromatic heterocycles. The van der Waals surface area contributed by atoms with Crippen LogP contribution in [-0.4, -0.2) is 9.97 Å². The van der Waals surface area contributed by atoms with Crippen molar-refractivity contribution in [3.8, 4) is 33.6 Å². The molecule has 2 nitrogen and oxygen atoms in total. The standard InChI is InChI=1S/C53H80N2/c1-3-5-7-9-11-13-15-17-19-21-23-25-27-29-39-53(40-30-28-26-24-22-20-18-16-14-12-10-8-6-4-2)49-43-45(51-33-31-41-54-51)35-37-47(49)48-38-36-46(44-50(48)53)52-34-32-42-55-52/h31-38,41-44,54-55H,3-30,39-40H2,1-2H3. The molecule has 0 atom stereocenters. The Balaban J connectivity index is 1.19. The molecular weight excluding hydrogens is 665 g/mol. The summed E-state index contributed by atoms with van der Waals surface area (Å²) in [6, 6.07) is 23.5. The third kappa shape index (κ3) is 13.6. The Kier molecular flexibility index (Phi) is 19.8. The van der Waals surface area contributed by atoms with Gasteiger partial charge in [-0.1, -0.05) is 218 Å². The van der Waals surface area contributed by atoms with Gasteiger partial charge in [0.15, 0.2) is 0 Å². The molecule has 0 aliphatic heterocycles. The summed E-state index contributed by atoms with van der Waals surface area (Å²) < 4.78 is 0. The van der Waals surface area contributed by atoms with E-state index in [1.165, 1.54) is 226 Å². The minimum absolute atomic E-state index is 0.0735. The highest BCUT2D eigenvalue weighted by atomic mass is 14.7. The van der Waals surface area contributed by atoms with E-state index in [2.05, 4.69) is 96.9 Å². The van der Waals surface area contributed by atoms with Gasteiger partial charge >= 0.3 is 0 Å². The molecule has 2 N–H and O–H groups in total. The van der Waals surface area contributed by atoms with Crippen molar-refractivity contribution in [3.63, 3.8) is 0 Å². The van der Waals surface area contributed by atoms with E-state index in [-0.39, 0.29) is 5.41 Å². The second kappa shape index (κ2) is 25.3. The van der Waals surface area contributed by atoms with Crippen LogP contribution in [0, 0.1) is 0 Å². The Bertz CT molecular complexity index is 1430. The fourth-order valence-electron chi connectivity index (χ4n) is 9.76. The van der Waals surface area contributed by atoms with Crippen LogP contribution in [0.3, 0.4) is 0 Å². The zero-order chi connectivity index (χ0) is 38.2. The molecule has 2 heterocycles. The van der Waals surface area contributed by atoms with Crippen molar-refractivity contribution in [1.82, 2.24) is 9.97 Å². The molecule has 1 aliphatic rings. The van der Waals surface area contributed by atoms with Crippen LogP contribution >= 0.6 is 0 Å². The fourth-order valence-corrected chi connectivity index (χ4v) is 9.76. The maximum absolute atomic E-state index is 3.51. The molecule has 0 radical (unpaired) electrons. The molecule has 0 saturated carbocycles. The summed E-state index contributed by atoms with van der Waals surface area (Å²) in [5, 5.41) is 0. The number of aromatic nitrogens is 2. The van der Waals surface area contributed by atoms with E-state index >= 15 is 0 Å². The molecule has 0 unspecified atom stereocenters. The summed E-state index contributed by atoms with van der Waals surface area (Å²) >= 11 is 0. The lowest BCUT2D eigenvalue weighted by Crippen LogP contribution is -2.25. The number of benzene rings is 2. The van der Waals surface area contributed by atoms with Crippen LogP contribution < -0.4 is 0 Å². The van der Waals surface area contributed by atoms with Crippen LogP contribution in [0.4, 0.5) is 0 Å². The molecule has 0 amide bonds. The molecule has 0 bridgehead atoms. The zero-order valence-corrected chi connectivity index (χ0v) is 35.6. The molecule has 1 aliphatic carbocycles. The highest BCUT2D eigenvalue weighted by molar-refractivity contribution is 5.85. The first kappa shape index (κ1) is 43.1. The van der Waals surface area contributed by atoms with E-state index in [9.17, 15) is 0 Å². The predicted molar refractivity (Wildman–Crippen MR) is 242 cm³/mol.